The topological polar surface area (TPSA) is 227 Å². The number of nitrogens with one attached hydrogen (secondary N) is 1. The van der Waals surface area contributed by atoms with E-state index in [1.165, 1.54) is 32.9 Å². The number of amides is 1. The molecule has 1 heterocycles. The second-order valence-corrected chi connectivity index (χ2v) is 17.2. The molecule has 10 atom stereocenters. The van der Waals surface area contributed by atoms with Gasteiger partial charge in [-0.25, -0.2) is 9.59 Å². The second-order valence-electron chi connectivity index (χ2n) is 17.2. The van der Waals surface area contributed by atoms with Crippen molar-refractivity contribution in [2.24, 2.45) is 10.8 Å². The molecule has 16 heteroatoms. The van der Waals surface area contributed by atoms with Crippen LogP contribution in [0.25, 0.3) is 0 Å². The molecule has 3 aromatic carbocycles. The van der Waals surface area contributed by atoms with E-state index in [1.54, 1.807) is 92.7 Å². The number of carbonyl (C=O) groups is 7. The summed E-state index contributed by atoms with van der Waals surface area (Å²) in [5, 5.41) is 28.2. The van der Waals surface area contributed by atoms with Crippen LogP contribution in [0.4, 0.5) is 0 Å². The Kier molecular flexibility index (Phi) is 14.2. The highest BCUT2D eigenvalue weighted by Gasteiger charge is 2.66. The number of esters is 4. The van der Waals surface area contributed by atoms with Gasteiger partial charge in [0.25, 0.3) is 12.4 Å². The van der Waals surface area contributed by atoms with E-state index in [-0.39, 0.29) is 41.8 Å². The van der Waals surface area contributed by atoms with Crippen LogP contribution in [-0.2, 0) is 52.4 Å². The van der Waals surface area contributed by atoms with E-state index >= 15 is 4.79 Å². The number of ether oxygens (including phenoxy) is 6. The van der Waals surface area contributed by atoms with Gasteiger partial charge >= 0.3 is 23.9 Å². The average molecular weight is 884 g/mol. The molecule has 1 saturated carbocycles. The number of fused-ring (bicyclic) bond motifs is 2. The Morgan fingerprint density at radius 1 is 0.828 bits per heavy atom. The van der Waals surface area contributed by atoms with Crippen molar-refractivity contribution in [3.8, 4) is 0 Å². The summed E-state index contributed by atoms with van der Waals surface area (Å²) in [4.78, 5) is 94.1. The summed E-state index contributed by atoms with van der Waals surface area (Å²) in [7, 11) is 0. The Balaban J connectivity index is 1.45. The number of aliphatic hydroxyl groups excluding tert-OH is 1. The molecule has 16 nitrogen and oxygen atoms in total. The van der Waals surface area contributed by atoms with E-state index in [2.05, 4.69) is 5.32 Å². The molecule has 2 fully saturated rings. The number of carbonyl (C=O) groups excluding carboxylic acids is 7. The van der Waals surface area contributed by atoms with Gasteiger partial charge in [0.1, 0.15) is 23.9 Å². The van der Waals surface area contributed by atoms with Crippen LogP contribution in [0.5, 0.6) is 0 Å². The van der Waals surface area contributed by atoms with Crippen LogP contribution in [0.2, 0.25) is 0 Å². The molecule has 64 heavy (non-hydrogen) atoms. The summed E-state index contributed by atoms with van der Waals surface area (Å²) in [5.41, 5.74) is -4.89. The van der Waals surface area contributed by atoms with Gasteiger partial charge in [-0.2, -0.15) is 0 Å². The average Bonchev–Trinajstić information content (AvgIpc) is 3.26. The van der Waals surface area contributed by atoms with E-state index in [0.717, 1.165) is 6.92 Å². The first kappa shape index (κ1) is 47.3. The lowest BCUT2D eigenvalue weighted by Gasteiger charge is -2.57. The minimum absolute atomic E-state index is 0.000615. The largest absolute Gasteiger partial charge is 0.457 e. The van der Waals surface area contributed by atoms with E-state index in [0.29, 0.717) is 5.56 Å². The molecular weight excluding hydrogens is 831 g/mol. The lowest BCUT2D eigenvalue weighted by atomic mass is 9.53. The molecule has 2 aliphatic carbocycles. The molecule has 0 radical (unpaired) electrons. The third kappa shape index (κ3) is 9.49. The minimum atomic E-state index is -2.26. The molecule has 1 aliphatic heterocycles. The second kappa shape index (κ2) is 19.3. The highest BCUT2D eigenvalue weighted by Crippen LogP contribution is 2.57. The van der Waals surface area contributed by atoms with Crippen molar-refractivity contribution < 1.29 is 72.2 Å². The maximum Gasteiger partial charge on any atom is 0.350 e. The number of aliphatic hydroxyl groups is 2. The molecule has 0 unspecified atom stereocenters. The third-order valence-corrected chi connectivity index (χ3v) is 12.8. The van der Waals surface area contributed by atoms with Gasteiger partial charge < -0.3 is 44.0 Å². The zero-order chi connectivity index (χ0) is 46.6. The van der Waals surface area contributed by atoms with Gasteiger partial charge in [-0.3, -0.25) is 24.0 Å². The summed E-state index contributed by atoms with van der Waals surface area (Å²) < 4.78 is 34.5. The number of Topliss-reactive ketones (excluding diaryl/α,β-unsaturated/α-hetero) is 1. The van der Waals surface area contributed by atoms with Crippen molar-refractivity contribution in [2.45, 2.75) is 115 Å². The molecule has 2 bridgehead atoms. The fourth-order valence-corrected chi connectivity index (χ4v) is 9.04. The van der Waals surface area contributed by atoms with E-state index in [9.17, 15) is 39.0 Å². The lowest BCUT2D eigenvalue weighted by Crippen LogP contribution is -2.67. The van der Waals surface area contributed by atoms with Crippen LogP contribution in [0.15, 0.2) is 102 Å². The number of benzene rings is 3. The smallest absolute Gasteiger partial charge is 0.350 e. The normalized spacial score (nSPS) is 27.4. The summed E-state index contributed by atoms with van der Waals surface area (Å²) >= 11 is 0. The highest BCUT2D eigenvalue weighted by atomic mass is 16.6. The molecule has 1 saturated heterocycles. The molecule has 3 aliphatic rings. The van der Waals surface area contributed by atoms with Crippen LogP contribution in [-0.4, -0.2) is 107 Å². The number of ketones is 1. The monoisotopic (exact) mass is 883 g/mol. The number of hydrogen-bond donors (Lipinski definition) is 3. The molecule has 0 aromatic heterocycles. The number of hydrogen-bond acceptors (Lipinski definition) is 15. The molecular formula is C48H53NO15. The molecule has 3 aromatic rings. The van der Waals surface area contributed by atoms with Crippen molar-refractivity contribution in [1.82, 2.24) is 5.32 Å². The van der Waals surface area contributed by atoms with Crippen LogP contribution >= 0.6 is 0 Å². The van der Waals surface area contributed by atoms with Gasteiger partial charge in [0, 0.05) is 44.1 Å². The predicted molar refractivity (Wildman–Crippen MR) is 225 cm³/mol. The Labute approximate surface area is 370 Å². The fraction of sp³-hybridized carbons (Fsp3) is 0.438. The Morgan fingerprint density at radius 2 is 1.41 bits per heavy atom. The first-order chi connectivity index (χ1) is 30.3. The summed E-state index contributed by atoms with van der Waals surface area (Å²) in [6, 6.07) is 23.0. The summed E-state index contributed by atoms with van der Waals surface area (Å²) in [6.07, 6.45) is -11.1. The van der Waals surface area contributed by atoms with Crippen LogP contribution in [0.1, 0.15) is 93.1 Å². The SMILES string of the molecule is CC(=O)O[C@H]1C(=O)[C@](C)([C@@H](O)C[C@H]2OC[C@@H]2OC(C)=O)C[C@H](OC(=O)c2ccccc2)[C@]2(O)C[C@H](OC(=O)[C@H](OC=O)[C@@H](NC(=O)c3ccccc3)c3ccccc3)C(C)=C1C2(C)C. The van der Waals surface area contributed by atoms with Gasteiger partial charge in [0.15, 0.2) is 18.0 Å². The van der Waals surface area contributed by atoms with Gasteiger partial charge in [-0.1, -0.05) is 80.6 Å². The Bertz CT molecular complexity index is 2260. The first-order valence-electron chi connectivity index (χ1n) is 20.9. The quantitative estimate of drug-likeness (QED) is 0.0837. The van der Waals surface area contributed by atoms with Crippen LogP contribution < -0.4 is 5.32 Å². The zero-order valence-corrected chi connectivity index (χ0v) is 36.4. The van der Waals surface area contributed by atoms with Crippen molar-refractivity contribution in [1.29, 1.82) is 0 Å². The molecule has 0 spiro atoms. The van der Waals surface area contributed by atoms with Gasteiger partial charge in [0.05, 0.1) is 29.8 Å². The molecule has 6 rings (SSSR count). The van der Waals surface area contributed by atoms with Gasteiger partial charge in [-0.15, -0.1) is 0 Å². The summed E-state index contributed by atoms with van der Waals surface area (Å²) in [5.74, 6) is -4.93. The van der Waals surface area contributed by atoms with Gasteiger partial charge in [-0.05, 0) is 54.8 Å². The van der Waals surface area contributed by atoms with Crippen molar-refractivity contribution in [3.63, 3.8) is 0 Å². The summed E-state index contributed by atoms with van der Waals surface area (Å²) in [6.45, 7) is 8.47. The van der Waals surface area contributed by atoms with E-state index in [4.69, 9.17) is 28.4 Å². The minimum Gasteiger partial charge on any atom is -0.457 e. The van der Waals surface area contributed by atoms with E-state index in [1.807, 2.05) is 0 Å². The first-order valence-corrected chi connectivity index (χ1v) is 20.9. The van der Waals surface area contributed by atoms with Crippen molar-refractivity contribution >= 4 is 42.0 Å². The lowest BCUT2D eigenvalue weighted by molar-refractivity contribution is -0.215. The maximum atomic E-state index is 15.2. The molecule has 3 N–H and O–H groups in total. The predicted octanol–water partition coefficient (Wildman–Crippen LogP) is 4.31. The van der Waals surface area contributed by atoms with Gasteiger partial charge in [0.2, 0.25) is 6.10 Å². The fourth-order valence-electron chi connectivity index (χ4n) is 9.04. The molecule has 1 amide bonds. The zero-order valence-electron chi connectivity index (χ0n) is 36.4. The maximum absolute atomic E-state index is 15.2. The van der Waals surface area contributed by atoms with Crippen LogP contribution in [0, 0.1) is 10.8 Å². The third-order valence-electron chi connectivity index (χ3n) is 12.8. The standard InChI is InChI=1S/C48H53NO15/c1-27-34(63-45(57)41(60-26-50)39(30-16-10-7-11-17-30)49-43(55)31-18-12-8-13-19-31)23-48(58)37(64-44(56)32-20-14-9-15-21-32)24-47(6,36(53)22-33-35(25-59-33)61-28(2)51)42(54)40(62-29(3)52)38(27)46(48,4)5/h7-21,26,33-37,39-41,53,58H,22-25H2,1-6H3,(H,49,55)/t33-,34+,35+,36+,37+,39+,40-,41-,47+,48-/m1/s1. The number of rotatable bonds is 15. The van der Waals surface area contributed by atoms with E-state index < -0.39 is 114 Å². The Morgan fingerprint density at radius 3 is 1.95 bits per heavy atom. The van der Waals surface area contributed by atoms with Crippen LogP contribution in [0.3, 0.4) is 0 Å². The van der Waals surface area contributed by atoms with Crippen molar-refractivity contribution in [2.75, 3.05) is 6.61 Å². The highest BCUT2D eigenvalue weighted by molar-refractivity contribution is 5.96. The Hall–Kier alpha value is -6.23. The molecule has 340 valence electrons. The van der Waals surface area contributed by atoms with Crippen molar-refractivity contribution in [3.05, 3.63) is 119 Å².